The maximum atomic E-state index is 13.5. The fourth-order valence-corrected chi connectivity index (χ4v) is 2.21. The van der Waals surface area contributed by atoms with Gasteiger partial charge >= 0.3 is 12.0 Å². The van der Waals surface area contributed by atoms with E-state index in [1.54, 1.807) is 0 Å². The van der Waals surface area contributed by atoms with E-state index in [4.69, 9.17) is 9.84 Å². The second-order valence-electron chi connectivity index (χ2n) is 4.47. The summed E-state index contributed by atoms with van der Waals surface area (Å²) in [5, 5.41) is 11.5. The van der Waals surface area contributed by atoms with E-state index in [2.05, 4.69) is 5.32 Å². The van der Waals surface area contributed by atoms with Crippen LogP contribution in [0.1, 0.15) is 12.8 Å². The standard InChI is InChI=1S/C13H15FN2O4/c1-20-11-5-4-8(7-9(11)14)15-13(19)16-6-2-3-10(16)12(17)18/h4-5,7,10H,2-3,6H2,1H3,(H,15,19)(H,17,18)/t10-/m0/s1. The molecule has 1 aliphatic rings. The molecule has 0 aliphatic carbocycles. The monoisotopic (exact) mass is 282 g/mol. The highest BCUT2D eigenvalue weighted by Gasteiger charge is 2.34. The van der Waals surface area contributed by atoms with Crippen LogP contribution in [0.5, 0.6) is 5.75 Å². The number of ether oxygens (including phenoxy) is 1. The number of carbonyl (C=O) groups excluding carboxylic acids is 1. The molecule has 2 N–H and O–H groups in total. The number of likely N-dealkylation sites (tertiary alicyclic amines) is 1. The van der Waals surface area contributed by atoms with Crippen molar-refractivity contribution in [2.45, 2.75) is 18.9 Å². The zero-order chi connectivity index (χ0) is 14.7. The van der Waals surface area contributed by atoms with Gasteiger partial charge in [0.2, 0.25) is 0 Å². The second kappa shape index (κ2) is 5.77. The molecule has 1 aliphatic heterocycles. The van der Waals surface area contributed by atoms with Gasteiger partial charge in [-0.2, -0.15) is 0 Å². The third kappa shape index (κ3) is 2.81. The number of nitrogens with zero attached hydrogens (tertiary/aromatic N) is 1. The van der Waals surface area contributed by atoms with Crippen LogP contribution in [-0.2, 0) is 4.79 Å². The van der Waals surface area contributed by atoms with E-state index >= 15 is 0 Å². The largest absolute Gasteiger partial charge is 0.494 e. The molecule has 1 saturated heterocycles. The summed E-state index contributed by atoms with van der Waals surface area (Å²) in [6.45, 7) is 0.376. The van der Waals surface area contributed by atoms with Crippen molar-refractivity contribution >= 4 is 17.7 Å². The number of urea groups is 1. The smallest absolute Gasteiger partial charge is 0.326 e. The number of methoxy groups -OCH3 is 1. The predicted octanol–water partition coefficient (Wildman–Crippen LogP) is 1.92. The van der Waals surface area contributed by atoms with E-state index < -0.39 is 23.9 Å². The molecule has 108 valence electrons. The summed E-state index contributed by atoms with van der Waals surface area (Å²) in [6.07, 6.45) is 1.07. The Labute approximate surface area is 115 Å². The number of halogens is 1. The van der Waals surface area contributed by atoms with E-state index in [0.717, 1.165) is 6.07 Å². The summed E-state index contributed by atoms with van der Waals surface area (Å²) in [5.74, 6) is -1.55. The Bertz CT molecular complexity index is 535. The highest BCUT2D eigenvalue weighted by molar-refractivity contribution is 5.92. The fraction of sp³-hybridized carbons (Fsp3) is 0.385. The molecule has 20 heavy (non-hydrogen) atoms. The summed E-state index contributed by atoms with van der Waals surface area (Å²) in [7, 11) is 1.35. The van der Waals surface area contributed by atoms with Gasteiger partial charge in [0.05, 0.1) is 7.11 Å². The Morgan fingerprint density at radius 3 is 2.85 bits per heavy atom. The predicted molar refractivity (Wildman–Crippen MR) is 69.3 cm³/mol. The van der Waals surface area contributed by atoms with Crippen molar-refractivity contribution in [1.82, 2.24) is 4.90 Å². The average molecular weight is 282 g/mol. The van der Waals surface area contributed by atoms with Gasteiger partial charge in [-0.15, -0.1) is 0 Å². The average Bonchev–Trinajstić information content (AvgIpc) is 2.88. The Hall–Kier alpha value is -2.31. The molecule has 7 heteroatoms. The maximum absolute atomic E-state index is 13.5. The number of carboxylic acids is 1. The van der Waals surface area contributed by atoms with Crippen LogP contribution in [-0.4, -0.2) is 41.7 Å². The van der Waals surface area contributed by atoms with Crippen LogP contribution in [0.2, 0.25) is 0 Å². The first kappa shape index (κ1) is 14.1. The number of carbonyl (C=O) groups is 2. The molecule has 0 radical (unpaired) electrons. The lowest BCUT2D eigenvalue weighted by atomic mass is 10.2. The molecule has 2 amide bonds. The highest BCUT2D eigenvalue weighted by atomic mass is 19.1. The van der Waals surface area contributed by atoms with Gasteiger partial charge in [0.1, 0.15) is 6.04 Å². The molecule has 0 spiro atoms. The van der Waals surface area contributed by atoms with Gasteiger partial charge in [0, 0.05) is 18.3 Å². The van der Waals surface area contributed by atoms with Crippen molar-refractivity contribution in [3.63, 3.8) is 0 Å². The number of nitrogens with one attached hydrogen (secondary N) is 1. The van der Waals surface area contributed by atoms with Gasteiger partial charge in [0.25, 0.3) is 0 Å². The van der Waals surface area contributed by atoms with Crippen molar-refractivity contribution in [3.05, 3.63) is 24.0 Å². The molecule has 1 fully saturated rings. The van der Waals surface area contributed by atoms with Crippen LogP contribution in [0.4, 0.5) is 14.9 Å². The van der Waals surface area contributed by atoms with E-state index in [9.17, 15) is 14.0 Å². The topological polar surface area (TPSA) is 78.9 Å². The van der Waals surface area contributed by atoms with Crippen LogP contribution in [0, 0.1) is 5.82 Å². The first-order chi connectivity index (χ1) is 9.52. The van der Waals surface area contributed by atoms with Gasteiger partial charge in [0.15, 0.2) is 11.6 Å². The summed E-state index contributed by atoms with van der Waals surface area (Å²) in [6, 6.07) is 2.65. The Morgan fingerprint density at radius 2 is 2.25 bits per heavy atom. The van der Waals surface area contributed by atoms with Crippen LogP contribution in [0.15, 0.2) is 18.2 Å². The number of hydrogen-bond acceptors (Lipinski definition) is 3. The van der Waals surface area contributed by atoms with Gasteiger partial charge in [-0.1, -0.05) is 0 Å². The lowest BCUT2D eigenvalue weighted by molar-refractivity contribution is -0.141. The summed E-state index contributed by atoms with van der Waals surface area (Å²) >= 11 is 0. The molecule has 1 aromatic rings. The number of amides is 2. The second-order valence-corrected chi connectivity index (χ2v) is 4.47. The van der Waals surface area contributed by atoms with Gasteiger partial charge in [-0.25, -0.2) is 14.0 Å². The minimum atomic E-state index is -1.03. The number of carboxylic acid groups (broad SMARTS) is 1. The Morgan fingerprint density at radius 1 is 1.50 bits per heavy atom. The fourth-order valence-electron chi connectivity index (χ4n) is 2.21. The number of anilines is 1. The van der Waals surface area contributed by atoms with E-state index in [1.165, 1.54) is 24.1 Å². The lowest BCUT2D eigenvalue weighted by Crippen LogP contribution is -2.42. The van der Waals surface area contributed by atoms with Gasteiger partial charge in [-0.05, 0) is 25.0 Å². The molecule has 1 aromatic carbocycles. The molecular formula is C13H15FN2O4. The SMILES string of the molecule is COc1ccc(NC(=O)N2CCC[C@H]2C(=O)O)cc1F. The van der Waals surface area contributed by atoms with Crippen molar-refractivity contribution < 1.29 is 23.8 Å². The Kier molecular flexibility index (Phi) is 4.07. The van der Waals surface area contributed by atoms with Crippen molar-refractivity contribution in [2.24, 2.45) is 0 Å². The van der Waals surface area contributed by atoms with Crippen molar-refractivity contribution in [3.8, 4) is 5.75 Å². The molecule has 2 rings (SSSR count). The minimum Gasteiger partial charge on any atom is -0.494 e. The van der Waals surface area contributed by atoms with E-state index in [0.29, 0.717) is 19.4 Å². The van der Waals surface area contributed by atoms with E-state index in [-0.39, 0.29) is 11.4 Å². The maximum Gasteiger partial charge on any atom is 0.326 e. The molecule has 0 bridgehead atoms. The Balaban J connectivity index is 2.08. The van der Waals surface area contributed by atoms with Crippen LogP contribution in [0.25, 0.3) is 0 Å². The number of benzene rings is 1. The van der Waals surface area contributed by atoms with E-state index in [1.807, 2.05) is 0 Å². The lowest BCUT2D eigenvalue weighted by Gasteiger charge is -2.21. The molecule has 1 heterocycles. The highest BCUT2D eigenvalue weighted by Crippen LogP contribution is 2.22. The zero-order valence-electron chi connectivity index (χ0n) is 10.9. The molecule has 0 unspecified atom stereocenters. The van der Waals surface area contributed by atoms with Crippen LogP contribution < -0.4 is 10.1 Å². The minimum absolute atomic E-state index is 0.0765. The number of aliphatic carboxylic acids is 1. The third-order valence-electron chi connectivity index (χ3n) is 3.20. The molecule has 0 saturated carbocycles. The molecule has 0 aromatic heterocycles. The van der Waals surface area contributed by atoms with Crippen molar-refractivity contribution in [2.75, 3.05) is 19.0 Å². The van der Waals surface area contributed by atoms with Gasteiger partial charge in [-0.3, -0.25) is 0 Å². The third-order valence-corrected chi connectivity index (χ3v) is 3.20. The number of hydrogen-bond donors (Lipinski definition) is 2. The zero-order valence-corrected chi connectivity index (χ0v) is 10.9. The summed E-state index contributed by atoms with van der Waals surface area (Å²) < 4.78 is 18.3. The molecular weight excluding hydrogens is 267 g/mol. The number of rotatable bonds is 3. The molecule has 6 nitrogen and oxygen atoms in total. The molecule has 1 atom stereocenters. The van der Waals surface area contributed by atoms with Crippen LogP contribution in [0.3, 0.4) is 0 Å². The van der Waals surface area contributed by atoms with Crippen LogP contribution >= 0.6 is 0 Å². The first-order valence-corrected chi connectivity index (χ1v) is 6.17. The normalized spacial score (nSPS) is 17.9. The quantitative estimate of drug-likeness (QED) is 0.887. The van der Waals surface area contributed by atoms with Crippen molar-refractivity contribution in [1.29, 1.82) is 0 Å². The van der Waals surface area contributed by atoms with Gasteiger partial charge < -0.3 is 20.1 Å². The summed E-state index contributed by atoms with van der Waals surface area (Å²) in [5.41, 5.74) is 0.254. The summed E-state index contributed by atoms with van der Waals surface area (Å²) in [4.78, 5) is 24.2. The first-order valence-electron chi connectivity index (χ1n) is 6.17.